The first kappa shape index (κ1) is 23.2. The molecule has 0 aliphatic carbocycles. The van der Waals surface area contributed by atoms with Crippen LogP contribution in [0.1, 0.15) is 34.2 Å². The molecule has 0 fully saturated rings. The zero-order valence-corrected chi connectivity index (χ0v) is 20.5. The molecular weight excluding hydrogens is 406 g/mol. The number of thiazole rings is 1. The summed E-state index contributed by atoms with van der Waals surface area (Å²) in [6.07, 6.45) is 1.27. The highest BCUT2D eigenvalue weighted by molar-refractivity contribution is 7.22. The fraction of sp³-hybridized carbons (Fsp3) is 0.440. The van der Waals surface area contributed by atoms with Gasteiger partial charge in [-0.25, -0.2) is 4.98 Å². The molecule has 3 aromatic rings. The van der Waals surface area contributed by atoms with Crippen molar-refractivity contribution in [1.82, 2.24) is 9.88 Å². The summed E-state index contributed by atoms with van der Waals surface area (Å²) in [4.78, 5) is 22.4. The Morgan fingerprint density at radius 1 is 1.03 bits per heavy atom. The Morgan fingerprint density at radius 2 is 1.71 bits per heavy atom. The summed E-state index contributed by atoms with van der Waals surface area (Å²) in [5, 5.41) is 0.744. The third-order valence-corrected chi connectivity index (χ3v) is 6.81. The number of aryl methyl sites for hydroxylation is 4. The molecule has 1 aromatic heterocycles. The largest absolute Gasteiger partial charge is 0.494 e. The maximum atomic E-state index is 13.5. The van der Waals surface area contributed by atoms with E-state index in [-0.39, 0.29) is 5.91 Å². The Kier molecular flexibility index (Phi) is 7.34. The fourth-order valence-corrected chi connectivity index (χ4v) is 5.08. The van der Waals surface area contributed by atoms with Crippen molar-refractivity contribution in [2.24, 2.45) is 0 Å². The standard InChI is InChI=1S/C25H33N3O2S/c1-16-13-18(3)20(19(4)14-16)15-22(29)28(12-8-11-27(5)6)25-26-23-21(30-7)10-9-17(2)24(23)31-25/h9-10,13-14H,8,11-12,15H2,1-7H3. The van der Waals surface area contributed by atoms with Gasteiger partial charge in [-0.3, -0.25) is 9.69 Å². The van der Waals surface area contributed by atoms with Gasteiger partial charge in [-0.15, -0.1) is 0 Å². The second kappa shape index (κ2) is 9.79. The highest BCUT2D eigenvalue weighted by Crippen LogP contribution is 2.36. The van der Waals surface area contributed by atoms with E-state index in [0.717, 1.165) is 45.2 Å². The zero-order chi connectivity index (χ0) is 22.7. The number of hydrogen-bond donors (Lipinski definition) is 0. The molecule has 166 valence electrons. The van der Waals surface area contributed by atoms with E-state index in [1.54, 1.807) is 18.4 Å². The van der Waals surface area contributed by atoms with Crippen LogP contribution in [0.2, 0.25) is 0 Å². The number of methoxy groups -OCH3 is 1. The van der Waals surface area contributed by atoms with Crippen LogP contribution in [0.15, 0.2) is 24.3 Å². The predicted octanol–water partition coefficient (Wildman–Crippen LogP) is 5.07. The first-order valence-corrected chi connectivity index (χ1v) is 11.5. The molecule has 0 saturated carbocycles. The van der Waals surface area contributed by atoms with Crippen molar-refractivity contribution in [2.45, 2.75) is 40.5 Å². The monoisotopic (exact) mass is 439 g/mol. The number of aromatic nitrogens is 1. The SMILES string of the molecule is COc1ccc(C)c2sc(N(CCCN(C)C)C(=O)Cc3c(C)cc(C)cc3C)nc12. The molecule has 0 N–H and O–H groups in total. The first-order valence-electron chi connectivity index (χ1n) is 10.7. The van der Waals surface area contributed by atoms with Crippen molar-refractivity contribution >= 4 is 32.6 Å². The average Bonchev–Trinajstić information content (AvgIpc) is 3.14. The number of nitrogens with zero attached hydrogens (tertiary/aromatic N) is 3. The zero-order valence-electron chi connectivity index (χ0n) is 19.7. The van der Waals surface area contributed by atoms with E-state index in [1.807, 2.05) is 17.0 Å². The van der Waals surface area contributed by atoms with Crippen molar-refractivity contribution < 1.29 is 9.53 Å². The molecule has 1 heterocycles. The fourth-order valence-electron chi connectivity index (χ4n) is 3.99. The summed E-state index contributed by atoms with van der Waals surface area (Å²) in [5.74, 6) is 0.832. The van der Waals surface area contributed by atoms with E-state index in [1.165, 1.54) is 16.7 Å². The Labute approximate surface area is 189 Å². The van der Waals surface area contributed by atoms with Crippen LogP contribution in [-0.2, 0) is 11.2 Å². The third-order valence-electron chi connectivity index (χ3n) is 5.60. The number of amides is 1. The minimum absolute atomic E-state index is 0.0875. The number of ether oxygens (including phenoxy) is 1. The van der Waals surface area contributed by atoms with Crippen LogP contribution >= 0.6 is 11.3 Å². The van der Waals surface area contributed by atoms with Crippen molar-refractivity contribution in [3.63, 3.8) is 0 Å². The van der Waals surface area contributed by atoms with Gasteiger partial charge in [0.25, 0.3) is 0 Å². The Balaban J connectivity index is 1.97. The van der Waals surface area contributed by atoms with Crippen LogP contribution in [0.5, 0.6) is 5.75 Å². The smallest absolute Gasteiger partial charge is 0.233 e. The van der Waals surface area contributed by atoms with Gasteiger partial charge >= 0.3 is 0 Å². The van der Waals surface area contributed by atoms with Crippen molar-refractivity contribution in [3.8, 4) is 5.75 Å². The second-order valence-corrected chi connectivity index (χ2v) is 9.49. The summed E-state index contributed by atoms with van der Waals surface area (Å²) in [6.45, 7) is 9.90. The van der Waals surface area contributed by atoms with Crippen LogP contribution < -0.4 is 9.64 Å². The van der Waals surface area contributed by atoms with Gasteiger partial charge in [0.05, 0.1) is 18.2 Å². The summed E-state index contributed by atoms with van der Waals surface area (Å²) < 4.78 is 6.59. The molecule has 0 spiro atoms. The number of carbonyl (C=O) groups is 1. The molecule has 0 atom stereocenters. The van der Waals surface area contributed by atoms with Gasteiger partial charge in [-0.05, 0) is 83.1 Å². The summed E-state index contributed by atoms with van der Waals surface area (Å²) in [5.41, 5.74) is 6.65. The quantitative estimate of drug-likeness (QED) is 0.492. The minimum Gasteiger partial charge on any atom is -0.494 e. The number of fused-ring (bicyclic) bond motifs is 1. The van der Waals surface area contributed by atoms with E-state index in [9.17, 15) is 4.79 Å². The number of anilines is 1. The highest BCUT2D eigenvalue weighted by atomic mass is 32.1. The van der Waals surface area contributed by atoms with E-state index in [4.69, 9.17) is 9.72 Å². The van der Waals surface area contributed by atoms with E-state index < -0.39 is 0 Å². The first-order chi connectivity index (χ1) is 14.7. The Hall–Kier alpha value is -2.44. The molecule has 6 heteroatoms. The van der Waals surface area contributed by atoms with Crippen molar-refractivity contribution in [3.05, 3.63) is 52.1 Å². The molecule has 2 aromatic carbocycles. The lowest BCUT2D eigenvalue weighted by atomic mass is 9.97. The molecule has 0 bridgehead atoms. The predicted molar refractivity (Wildman–Crippen MR) is 131 cm³/mol. The Morgan fingerprint density at radius 3 is 2.32 bits per heavy atom. The number of rotatable bonds is 8. The summed E-state index contributed by atoms with van der Waals surface area (Å²) >= 11 is 1.57. The third kappa shape index (κ3) is 5.25. The number of hydrogen-bond acceptors (Lipinski definition) is 5. The summed E-state index contributed by atoms with van der Waals surface area (Å²) in [6, 6.07) is 8.29. The minimum atomic E-state index is 0.0875. The van der Waals surface area contributed by atoms with Crippen LogP contribution in [0.25, 0.3) is 10.2 Å². The van der Waals surface area contributed by atoms with Gasteiger partial charge in [0, 0.05) is 6.54 Å². The molecule has 0 saturated heterocycles. The molecule has 3 rings (SSSR count). The maximum absolute atomic E-state index is 13.5. The van der Waals surface area contributed by atoms with Crippen LogP contribution in [0.4, 0.5) is 5.13 Å². The van der Waals surface area contributed by atoms with Crippen LogP contribution in [0, 0.1) is 27.7 Å². The van der Waals surface area contributed by atoms with E-state index in [2.05, 4.69) is 58.8 Å². The lowest BCUT2D eigenvalue weighted by molar-refractivity contribution is -0.118. The second-order valence-electron chi connectivity index (χ2n) is 8.52. The average molecular weight is 440 g/mol. The highest BCUT2D eigenvalue weighted by Gasteiger charge is 2.23. The molecule has 31 heavy (non-hydrogen) atoms. The number of carbonyl (C=O) groups excluding carboxylic acids is 1. The topological polar surface area (TPSA) is 45.7 Å². The Bertz CT molecular complexity index is 1060. The van der Waals surface area contributed by atoms with Gasteiger partial charge in [0.2, 0.25) is 5.91 Å². The molecule has 1 amide bonds. The molecule has 0 aliphatic heterocycles. The van der Waals surface area contributed by atoms with Gasteiger partial charge in [0.15, 0.2) is 5.13 Å². The van der Waals surface area contributed by atoms with Gasteiger partial charge in [0.1, 0.15) is 11.3 Å². The van der Waals surface area contributed by atoms with Crippen LogP contribution in [-0.4, -0.2) is 50.1 Å². The van der Waals surface area contributed by atoms with Gasteiger partial charge in [-0.2, -0.15) is 0 Å². The van der Waals surface area contributed by atoms with Crippen molar-refractivity contribution in [2.75, 3.05) is 39.2 Å². The molecule has 0 unspecified atom stereocenters. The molecule has 5 nitrogen and oxygen atoms in total. The van der Waals surface area contributed by atoms with Gasteiger partial charge in [-0.1, -0.05) is 35.1 Å². The molecular formula is C25H33N3O2S. The van der Waals surface area contributed by atoms with Crippen molar-refractivity contribution in [1.29, 1.82) is 0 Å². The molecule has 0 aliphatic rings. The van der Waals surface area contributed by atoms with E-state index >= 15 is 0 Å². The lowest BCUT2D eigenvalue weighted by Crippen LogP contribution is -2.34. The van der Waals surface area contributed by atoms with Crippen LogP contribution in [0.3, 0.4) is 0 Å². The molecule has 0 radical (unpaired) electrons. The van der Waals surface area contributed by atoms with Gasteiger partial charge < -0.3 is 9.64 Å². The number of benzene rings is 2. The van der Waals surface area contributed by atoms with E-state index in [0.29, 0.717) is 13.0 Å². The maximum Gasteiger partial charge on any atom is 0.233 e. The summed E-state index contributed by atoms with van der Waals surface area (Å²) in [7, 11) is 5.76. The normalized spacial score (nSPS) is 11.4. The lowest BCUT2D eigenvalue weighted by Gasteiger charge is -2.22.